The fourth-order valence-corrected chi connectivity index (χ4v) is 7.11. The summed E-state index contributed by atoms with van der Waals surface area (Å²) < 4.78 is 0. The number of amides is 2. The highest BCUT2D eigenvalue weighted by Crippen LogP contribution is 2.60. The van der Waals surface area contributed by atoms with E-state index in [0.29, 0.717) is 28.7 Å². The van der Waals surface area contributed by atoms with E-state index in [4.69, 9.17) is 23.2 Å². The van der Waals surface area contributed by atoms with Gasteiger partial charge in [0, 0.05) is 11.6 Å². The van der Waals surface area contributed by atoms with E-state index in [-0.39, 0.29) is 17.2 Å². The number of nitrogens with one attached hydrogen (secondary N) is 1. The molecule has 1 aromatic carbocycles. The lowest BCUT2D eigenvalue weighted by atomic mass is 9.49. The number of carbonyl (C=O) groups excluding carboxylic acids is 2. The summed E-state index contributed by atoms with van der Waals surface area (Å²) >= 11 is 12.2. The summed E-state index contributed by atoms with van der Waals surface area (Å²) in [5, 5.41) is 3.88. The summed E-state index contributed by atoms with van der Waals surface area (Å²) in [6, 6.07) is 4.61. The topological polar surface area (TPSA) is 49.4 Å². The zero-order valence-corrected chi connectivity index (χ0v) is 17.4. The Morgan fingerprint density at radius 3 is 2.32 bits per heavy atom. The van der Waals surface area contributed by atoms with Crippen molar-refractivity contribution in [1.29, 1.82) is 0 Å². The van der Waals surface area contributed by atoms with E-state index < -0.39 is 6.04 Å². The van der Waals surface area contributed by atoms with Crippen molar-refractivity contribution in [2.75, 3.05) is 11.9 Å². The van der Waals surface area contributed by atoms with Crippen LogP contribution in [0.1, 0.15) is 51.4 Å². The number of likely N-dealkylation sites (tertiary alicyclic amines) is 1. The molecule has 5 aliphatic rings. The highest BCUT2D eigenvalue weighted by Gasteiger charge is 2.56. The van der Waals surface area contributed by atoms with E-state index in [1.165, 1.54) is 19.3 Å². The fraction of sp³-hybridized carbons (Fsp3) is 0.636. The van der Waals surface area contributed by atoms with Crippen molar-refractivity contribution in [3.63, 3.8) is 0 Å². The second kappa shape index (κ2) is 6.91. The molecular weight excluding hydrogens is 395 g/mol. The number of hydrogen-bond donors (Lipinski definition) is 1. The minimum Gasteiger partial charge on any atom is -0.330 e. The molecule has 4 nitrogen and oxygen atoms in total. The molecular formula is C22H26Cl2N2O2. The SMILES string of the molecule is O=C(Nc1cc(Cl)ccc1Cl)[C@H]1CCCN1C(=O)C12CC3CC(CC(C3)C1)C2. The van der Waals surface area contributed by atoms with E-state index in [1.54, 1.807) is 18.2 Å². The molecule has 5 fully saturated rings. The van der Waals surface area contributed by atoms with Crippen LogP contribution in [-0.4, -0.2) is 29.3 Å². The van der Waals surface area contributed by atoms with Gasteiger partial charge in [-0.3, -0.25) is 9.59 Å². The molecule has 1 heterocycles. The van der Waals surface area contributed by atoms with Crippen molar-refractivity contribution >= 4 is 40.7 Å². The van der Waals surface area contributed by atoms with Gasteiger partial charge in [-0.2, -0.15) is 0 Å². The number of rotatable bonds is 3. The average Bonchev–Trinajstić information content (AvgIpc) is 3.12. The second-order valence-corrected chi connectivity index (χ2v) is 10.3. The van der Waals surface area contributed by atoms with Crippen LogP contribution in [-0.2, 0) is 9.59 Å². The quantitative estimate of drug-likeness (QED) is 0.735. The Balaban J connectivity index is 1.34. The molecule has 0 spiro atoms. The van der Waals surface area contributed by atoms with E-state index >= 15 is 0 Å². The molecule has 1 N–H and O–H groups in total. The summed E-state index contributed by atoms with van der Waals surface area (Å²) in [7, 11) is 0. The van der Waals surface area contributed by atoms with Crippen LogP contribution in [0.5, 0.6) is 0 Å². The van der Waals surface area contributed by atoms with Gasteiger partial charge in [-0.25, -0.2) is 0 Å². The highest BCUT2D eigenvalue weighted by molar-refractivity contribution is 6.35. The number of halogens is 2. The third-order valence-electron chi connectivity index (χ3n) is 7.49. The third kappa shape index (κ3) is 3.13. The smallest absolute Gasteiger partial charge is 0.247 e. The largest absolute Gasteiger partial charge is 0.330 e. The monoisotopic (exact) mass is 420 g/mol. The lowest BCUT2D eigenvalue weighted by molar-refractivity contribution is -0.160. The highest BCUT2D eigenvalue weighted by atomic mass is 35.5. The molecule has 2 amide bonds. The van der Waals surface area contributed by atoms with Crippen molar-refractivity contribution in [2.45, 2.75) is 57.4 Å². The average molecular weight is 421 g/mol. The first kappa shape index (κ1) is 18.7. The van der Waals surface area contributed by atoms with Crippen LogP contribution >= 0.6 is 23.2 Å². The minimum absolute atomic E-state index is 0.153. The number of benzene rings is 1. The number of carbonyl (C=O) groups is 2. The zero-order chi connectivity index (χ0) is 19.5. The van der Waals surface area contributed by atoms with Gasteiger partial charge in [0.05, 0.1) is 16.1 Å². The molecule has 0 aromatic heterocycles. The molecule has 28 heavy (non-hydrogen) atoms. The molecule has 1 atom stereocenters. The lowest BCUT2D eigenvalue weighted by Crippen LogP contribution is -2.56. The van der Waals surface area contributed by atoms with Crippen molar-refractivity contribution in [3.8, 4) is 0 Å². The van der Waals surface area contributed by atoms with E-state index in [2.05, 4.69) is 5.32 Å². The predicted molar refractivity (Wildman–Crippen MR) is 110 cm³/mol. The summed E-state index contributed by atoms with van der Waals surface area (Å²) in [5.41, 5.74) is 0.305. The Hall–Kier alpha value is -1.26. The Morgan fingerprint density at radius 1 is 1.04 bits per heavy atom. The third-order valence-corrected chi connectivity index (χ3v) is 8.06. The molecule has 150 valence electrons. The van der Waals surface area contributed by atoms with Crippen molar-refractivity contribution in [1.82, 2.24) is 4.90 Å². The number of nitrogens with zero attached hydrogens (tertiary/aromatic N) is 1. The predicted octanol–water partition coefficient (Wildman–Crippen LogP) is 5.14. The summed E-state index contributed by atoms with van der Waals surface area (Å²) in [4.78, 5) is 28.6. The molecule has 4 aliphatic carbocycles. The molecule has 1 saturated heterocycles. The first-order valence-electron chi connectivity index (χ1n) is 10.5. The van der Waals surface area contributed by atoms with Gasteiger partial charge >= 0.3 is 0 Å². The molecule has 4 bridgehead atoms. The van der Waals surface area contributed by atoms with Gasteiger partial charge in [0.1, 0.15) is 6.04 Å². The molecule has 0 radical (unpaired) electrons. The van der Waals surface area contributed by atoms with Gasteiger partial charge in [0.2, 0.25) is 11.8 Å². The Labute approximate surface area is 175 Å². The normalized spacial score (nSPS) is 36.0. The van der Waals surface area contributed by atoms with E-state index in [1.807, 2.05) is 4.90 Å². The maximum absolute atomic E-state index is 13.7. The van der Waals surface area contributed by atoms with Gasteiger partial charge < -0.3 is 10.2 Å². The maximum Gasteiger partial charge on any atom is 0.247 e. The van der Waals surface area contributed by atoms with Crippen molar-refractivity contribution in [3.05, 3.63) is 28.2 Å². The van der Waals surface area contributed by atoms with Crippen molar-refractivity contribution in [2.24, 2.45) is 23.2 Å². The van der Waals surface area contributed by atoms with Crippen molar-refractivity contribution < 1.29 is 9.59 Å². The van der Waals surface area contributed by atoms with E-state index in [9.17, 15) is 9.59 Å². The van der Waals surface area contributed by atoms with Crippen LogP contribution in [0.15, 0.2) is 18.2 Å². The van der Waals surface area contributed by atoms with Gasteiger partial charge in [0.25, 0.3) is 0 Å². The first-order chi connectivity index (χ1) is 13.4. The summed E-state index contributed by atoms with van der Waals surface area (Å²) in [5.74, 6) is 2.24. The van der Waals surface area contributed by atoms with Crippen LogP contribution in [0.3, 0.4) is 0 Å². The van der Waals surface area contributed by atoms with Gasteiger partial charge in [-0.05, 0) is 87.3 Å². The Bertz CT molecular complexity index is 789. The molecule has 0 unspecified atom stereocenters. The molecule has 1 aromatic rings. The first-order valence-corrected chi connectivity index (χ1v) is 11.3. The summed E-state index contributed by atoms with van der Waals surface area (Å²) in [6.07, 6.45) is 8.60. The minimum atomic E-state index is -0.407. The van der Waals surface area contributed by atoms with Crippen LogP contribution in [0.25, 0.3) is 0 Å². The van der Waals surface area contributed by atoms with Gasteiger partial charge in [-0.15, -0.1) is 0 Å². The Kier molecular flexibility index (Phi) is 4.63. The van der Waals surface area contributed by atoms with E-state index in [0.717, 1.165) is 43.4 Å². The van der Waals surface area contributed by atoms with Gasteiger partial charge in [0.15, 0.2) is 0 Å². The summed E-state index contributed by atoms with van der Waals surface area (Å²) in [6.45, 7) is 0.682. The molecule has 6 heteroatoms. The van der Waals surface area contributed by atoms with Crippen LogP contribution < -0.4 is 5.32 Å². The lowest BCUT2D eigenvalue weighted by Gasteiger charge is -2.56. The van der Waals surface area contributed by atoms with Crippen LogP contribution in [0, 0.1) is 23.2 Å². The number of hydrogen-bond acceptors (Lipinski definition) is 2. The molecule has 1 aliphatic heterocycles. The Morgan fingerprint density at radius 2 is 1.68 bits per heavy atom. The molecule has 4 saturated carbocycles. The second-order valence-electron chi connectivity index (χ2n) is 9.47. The zero-order valence-electron chi connectivity index (χ0n) is 15.9. The standard InChI is InChI=1S/C22H26Cl2N2O2/c23-16-3-4-17(24)18(9-16)25-20(27)19-2-1-5-26(19)21(28)22-10-13-6-14(11-22)8-15(7-13)12-22/h3-4,9,13-15,19H,1-2,5-8,10-12H2,(H,25,27)/t13?,14?,15?,19-,22?/m1/s1. The van der Waals surface area contributed by atoms with Crippen LogP contribution in [0.4, 0.5) is 5.69 Å². The van der Waals surface area contributed by atoms with Gasteiger partial charge in [-0.1, -0.05) is 23.2 Å². The van der Waals surface area contributed by atoms with Crippen LogP contribution in [0.2, 0.25) is 10.0 Å². The maximum atomic E-state index is 13.7. The number of anilines is 1. The fourth-order valence-electron chi connectivity index (χ4n) is 6.77. The molecule has 6 rings (SSSR count).